The number of ether oxygens (including phenoxy) is 2. The molecule has 0 spiro atoms. The van der Waals surface area contributed by atoms with Crippen LogP contribution in [0.2, 0.25) is 0 Å². The van der Waals surface area contributed by atoms with Crippen LogP contribution in [0.1, 0.15) is 27.9 Å². The summed E-state index contributed by atoms with van der Waals surface area (Å²) in [5.41, 5.74) is 6.40. The molecule has 30 heavy (non-hydrogen) atoms. The SMILES string of the molecule is COc1cc(-c2n[nH]c3c2CNCC3)cc([N+](=O)[O-])c1OCc1cc(C)ccc1C. The number of methoxy groups -OCH3 is 1. The molecule has 8 heteroatoms. The van der Waals surface area contributed by atoms with Crippen LogP contribution in [0.25, 0.3) is 11.3 Å². The number of aryl methyl sites for hydroxylation is 2. The van der Waals surface area contributed by atoms with Gasteiger partial charge in [0.15, 0.2) is 5.75 Å². The van der Waals surface area contributed by atoms with E-state index in [1.165, 1.54) is 13.2 Å². The van der Waals surface area contributed by atoms with E-state index >= 15 is 0 Å². The van der Waals surface area contributed by atoms with Gasteiger partial charge in [0.25, 0.3) is 0 Å². The van der Waals surface area contributed by atoms with E-state index in [2.05, 4.69) is 15.5 Å². The molecule has 0 bridgehead atoms. The Kier molecular flexibility index (Phi) is 5.41. The Balaban J connectivity index is 1.73. The zero-order valence-electron chi connectivity index (χ0n) is 17.2. The lowest BCUT2D eigenvalue weighted by Gasteiger charge is -2.15. The summed E-state index contributed by atoms with van der Waals surface area (Å²) in [6.07, 6.45) is 0.846. The lowest BCUT2D eigenvalue weighted by molar-refractivity contribution is -0.386. The molecule has 0 aliphatic carbocycles. The minimum Gasteiger partial charge on any atom is -0.493 e. The smallest absolute Gasteiger partial charge is 0.315 e. The standard InChI is InChI=1S/C22H24N4O4/c1-13-4-5-14(2)16(8-13)12-30-22-19(26(27)28)9-15(10-20(22)29-3)21-17-11-23-7-6-18(17)24-25-21/h4-5,8-10,23H,6-7,11-12H2,1-3H3,(H,24,25). The molecule has 0 radical (unpaired) electrons. The van der Waals surface area contributed by atoms with Crippen molar-refractivity contribution in [3.8, 4) is 22.8 Å². The first-order valence-electron chi connectivity index (χ1n) is 9.80. The number of H-pyrrole nitrogens is 1. The van der Waals surface area contributed by atoms with Crippen LogP contribution in [0.15, 0.2) is 30.3 Å². The predicted octanol–water partition coefficient (Wildman–Crippen LogP) is 3.84. The third-order valence-electron chi connectivity index (χ3n) is 5.41. The third-order valence-corrected chi connectivity index (χ3v) is 5.41. The Morgan fingerprint density at radius 3 is 2.83 bits per heavy atom. The van der Waals surface area contributed by atoms with Crippen molar-refractivity contribution in [1.29, 1.82) is 0 Å². The van der Waals surface area contributed by atoms with Crippen molar-refractivity contribution in [1.82, 2.24) is 15.5 Å². The molecule has 0 unspecified atom stereocenters. The number of hydrogen-bond donors (Lipinski definition) is 2. The van der Waals surface area contributed by atoms with E-state index in [4.69, 9.17) is 9.47 Å². The summed E-state index contributed by atoms with van der Waals surface area (Å²) >= 11 is 0. The summed E-state index contributed by atoms with van der Waals surface area (Å²) in [5, 5.41) is 22.6. The van der Waals surface area contributed by atoms with E-state index in [1.807, 2.05) is 32.0 Å². The van der Waals surface area contributed by atoms with Crippen molar-refractivity contribution < 1.29 is 14.4 Å². The highest BCUT2D eigenvalue weighted by molar-refractivity contribution is 5.73. The van der Waals surface area contributed by atoms with Crippen LogP contribution in [0.3, 0.4) is 0 Å². The fourth-order valence-corrected chi connectivity index (χ4v) is 3.73. The van der Waals surface area contributed by atoms with Crippen molar-refractivity contribution in [3.63, 3.8) is 0 Å². The van der Waals surface area contributed by atoms with Gasteiger partial charge in [0, 0.05) is 42.4 Å². The van der Waals surface area contributed by atoms with Crippen molar-refractivity contribution >= 4 is 5.69 Å². The molecular formula is C22H24N4O4. The summed E-state index contributed by atoms with van der Waals surface area (Å²) < 4.78 is 11.4. The maximum absolute atomic E-state index is 11.9. The molecule has 1 aromatic heterocycles. The highest BCUT2D eigenvalue weighted by Crippen LogP contribution is 2.42. The van der Waals surface area contributed by atoms with Crippen molar-refractivity contribution in [2.45, 2.75) is 33.4 Å². The number of fused-ring (bicyclic) bond motifs is 1. The maximum atomic E-state index is 11.9. The molecule has 2 heterocycles. The van der Waals surface area contributed by atoms with Crippen LogP contribution in [0.4, 0.5) is 5.69 Å². The number of aromatic amines is 1. The summed E-state index contributed by atoms with van der Waals surface area (Å²) in [6.45, 7) is 5.75. The van der Waals surface area contributed by atoms with Gasteiger partial charge >= 0.3 is 5.69 Å². The minimum atomic E-state index is -0.443. The molecule has 8 nitrogen and oxygen atoms in total. The monoisotopic (exact) mass is 408 g/mol. The summed E-state index contributed by atoms with van der Waals surface area (Å²) in [5.74, 6) is 0.430. The van der Waals surface area contributed by atoms with Gasteiger partial charge in [0.05, 0.1) is 17.7 Å². The van der Waals surface area contributed by atoms with Gasteiger partial charge in [-0.05, 0) is 31.0 Å². The van der Waals surface area contributed by atoms with Gasteiger partial charge in [-0.25, -0.2) is 0 Å². The number of rotatable bonds is 6. The highest BCUT2D eigenvalue weighted by atomic mass is 16.6. The molecule has 1 aliphatic heterocycles. The normalized spacial score (nSPS) is 13.0. The first kappa shape index (κ1) is 19.9. The molecule has 0 fully saturated rings. The fourth-order valence-electron chi connectivity index (χ4n) is 3.73. The topological polar surface area (TPSA) is 102 Å². The van der Waals surface area contributed by atoms with Crippen LogP contribution >= 0.6 is 0 Å². The second-order valence-electron chi connectivity index (χ2n) is 7.46. The number of hydrogen-bond acceptors (Lipinski definition) is 6. The van der Waals surface area contributed by atoms with E-state index < -0.39 is 4.92 Å². The highest BCUT2D eigenvalue weighted by Gasteiger charge is 2.26. The van der Waals surface area contributed by atoms with Crippen LogP contribution in [0, 0.1) is 24.0 Å². The number of nitrogens with one attached hydrogen (secondary N) is 2. The molecule has 0 saturated heterocycles. The average molecular weight is 408 g/mol. The number of aromatic nitrogens is 2. The molecule has 156 valence electrons. The Labute approximate surface area is 174 Å². The zero-order chi connectivity index (χ0) is 21.3. The van der Waals surface area contributed by atoms with E-state index in [-0.39, 0.29) is 18.0 Å². The lowest BCUT2D eigenvalue weighted by atomic mass is 10.0. The van der Waals surface area contributed by atoms with Crippen LogP contribution < -0.4 is 14.8 Å². The van der Waals surface area contributed by atoms with Crippen LogP contribution in [-0.4, -0.2) is 28.8 Å². The third kappa shape index (κ3) is 3.73. The first-order chi connectivity index (χ1) is 14.5. The number of nitro groups is 1. The fraction of sp³-hybridized carbons (Fsp3) is 0.318. The maximum Gasteiger partial charge on any atom is 0.315 e. The molecule has 0 atom stereocenters. The quantitative estimate of drug-likeness (QED) is 0.475. The van der Waals surface area contributed by atoms with Crippen molar-refractivity contribution in [2.75, 3.05) is 13.7 Å². The van der Waals surface area contributed by atoms with E-state index in [0.29, 0.717) is 23.6 Å². The second kappa shape index (κ2) is 8.16. The predicted molar refractivity (Wildman–Crippen MR) is 113 cm³/mol. The number of benzene rings is 2. The molecule has 4 rings (SSSR count). The van der Waals surface area contributed by atoms with Crippen LogP contribution in [-0.2, 0) is 19.6 Å². The zero-order valence-corrected chi connectivity index (χ0v) is 17.2. The minimum absolute atomic E-state index is 0.120. The lowest BCUT2D eigenvalue weighted by Crippen LogP contribution is -2.23. The van der Waals surface area contributed by atoms with Gasteiger partial charge in [-0.3, -0.25) is 15.2 Å². The molecule has 2 aromatic carbocycles. The van der Waals surface area contributed by atoms with Gasteiger partial charge in [0.1, 0.15) is 6.61 Å². The summed E-state index contributed by atoms with van der Waals surface area (Å²) in [4.78, 5) is 11.4. The largest absolute Gasteiger partial charge is 0.493 e. The molecule has 1 aliphatic rings. The van der Waals surface area contributed by atoms with Gasteiger partial charge in [-0.2, -0.15) is 5.10 Å². The van der Waals surface area contributed by atoms with Crippen molar-refractivity contribution in [3.05, 3.63) is 68.4 Å². The molecule has 2 N–H and O–H groups in total. The average Bonchev–Trinajstić information content (AvgIpc) is 3.18. The molecular weight excluding hydrogens is 384 g/mol. The van der Waals surface area contributed by atoms with Crippen LogP contribution in [0.5, 0.6) is 11.5 Å². The van der Waals surface area contributed by atoms with Crippen molar-refractivity contribution in [2.24, 2.45) is 0 Å². The van der Waals surface area contributed by atoms with Gasteiger partial charge in [-0.15, -0.1) is 0 Å². The Bertz CT molecular complexity index is 1110. The summed E-state index contributed by atoms with van der Waals surface area (Å²) in [6, 6.07) is 9.31. The molecule has 0 saturated carbocycles. The molecule has 0 amide bonds. The number of nitrogens with zero attached hydrogens (tertiary/aromatic N) is 2. The second-order valence-corrected chi connectivity index (χ2v) is 7.46. The Morgan fingerprint density at radius 1 is 1.23 bits per heavy atom. The molecule has 3 aromatic rings. The van der Waals surface area contributed by atoms with E-state index in [1.54, 1.807) is 6.07 Å². The summed E-state index contributed by atoms with van der Waals surface area (Å²) in [7, 11) is 1.48. The van der Waals surface area contributed by atoms with E-state index in [0.717, 1.165) is 40.9 Å². The Morgan fingerprint density at radius 2 is 2.07 bits per heavy atom. The number of nitro benzene ring substituents is 1. The Hall–Kier alpha value is -3.39. The van der Waals surface area contributed by atoms with Gasteiger partial charge in [-0.1, -0.05) is 23.8 Å². The van der Waals surface area contributed by atoms with Gasteiger partial charge in [0.2, 0.25) is 5.75 Å². The van der Waals surface area contributed by atoms with E-state index in [9.17, 15) is 10.1 Å². The van der Waals surface area contributed by atoms with Gasteiger partial charge < -0.3 is 14.8 Å². The first-order valence-corrected chi connectivity index (χ1v) is 9.80.